The molecule has 2 aromatic rings. The summed E-state index contributed by atoms with van der Waals surface area (Å²) in [5.74, 6) is 0.584. The molecule has 8 nitrogen and oxygen atoms in total. The van der Waals surface area contributed by atoms with E-state index in [9.17, 15) is 9.59 Å². The van der Waals surface area contributed by atoms with Crippen LogP contribution in [0.2, 0.25) is 0 Å². The van der Waals surface area contributed by atoms with Gasteiger partial charge in [0, 0.05) is 44.4 Å². The molecule has 1 N–H and O–H groups in total. The van der Waals surface area contributed by atoms with Gasteiger partial charge in [-0.25, -0.2) is 0 Å². The molecule has 0 bridgehead atoms. The van der Waals surface area contributed by atoms with Crippen LogP contribution in [0.4, 0.5) is 0 Å². The lowest BCUT2D eigenvalue weighted by molar-refractivity contribution is -0.133. The van der Waals surface area contributed by atoms with Crippen molar-refractivity contribution in [2.75, 3.05) is 39.4 Å². The molecule has 1 saturated heterocycles. The lowest BCUT2D eigenvalue weighted by atomic mass is 9.86. The molecule has 5 rings (SSSR count). The third-order valence-electron chi connectivity index (χ3n) is 7.85. The Morgan fingerprint density at radius 3 is 2.70 bits per heavy atom. The van der Waals surface area contributed by atoms with Gasteiger partial charge in [0.05, 0.1) is 31.5 Å². The first kappa shape index (κ1) is 22.5. The molecule has 1 aliphatic carbocycles. The predicted octanol–water partition coefficient (Wildman–Crippen LogP) is 2.87. The largest absolute Gasteiger partial charge is 0.463 e. The van der Waals surface area contributed by atoms with E-state index in [0.29, 0.717) is 24.4 Å². The second kappa shape index (κ2) is 9.14. The number of carbonyl (C=O) groups excluding carboxylic acids is 2. The van der Waals surface area contributed by atoms with Gasteiger partial charge in [0.1, 0.15) is 11.2 Å². The summed E-state index contributed by atoms with van der Waals surface area (Å²) in [5.41, 5.74) is 1.23. The van der Waals surface area contributed by atoms with Crippen LogP contribution >= 0.6 is 0 Å². The van der Waals surface area contributed by atoms with Crippen molar-refractivity contribution < 1.29 is 18.7 Å². The lowest BCUT2D eigenvalue weighted by Crippen LogP contribution is -2.65. The summed E-state index contributed by atoms with van der Waals surface area (Å²) in [5, 5.41) is 3.31. The lowest BCUT2D eigenvalue weighted by Gasteiger charge is -2.45. The molecule has 0 aromatic carbocycles. The first-order valence-electron chi connectivity index (χ1n) is 12.5. The Kier molecular flexibility index (Phi) is 6.22. The maximum absolute atomic E-state index is 13.7. The van der Waals surface area contributed by atoms with Crippen molar-refractivity contribution in [3.63, 3.8) is 0 Å². The zero-order chi connectivity index (χ0) is 23.0. The predicted molar refractivity (Wildman–Crippen MR) is 125 cm³/mol. The molecule has 1 atom stereocenters. The number of carbonyl (C=O) groups is 2. The van der Waals surface area contributed by atoms with E-state index in [1.807, 2.05) is 28.5 Å². The van der Waals surface area contributed by atoms with E-state index in [0.717, 1.165) is 76.4 Å². The molecule has 8 heteroatoms. The summed E-state index contributed by atoms with van der Waals surface area (Å²) in [6.07, 6.45) is 6.76. The van der Waals surface area contributed by atoms with Gasteiger partial charge in [0.2, 0.25) is 5.91 Å². The minimum atomic E-state index is -0.943. The van der Waals surface area contributed by atoms with Crippen molar-refractivity contribution in [1.82, 2.24) is 19.7 Å². The maximum atomic E-state index is 13.7. The topological polar surface area (TPSA) is 80.0 Å². The van der Waals surface area contributed by atoms with Crippen LogP contribution in [-0.2, 0) is 16.1 Å². The van der Waals surface area contributed by atoms with E-state index in [-0.39, 0.29) is 17.9 Å². The van der Waals surface area contributed by atoms with Gasteiger partial charge in [-0.1, -0.05) is 6.92 Å². The van der Waals surface area contributed by atoms with E-state index >= 15 is 0 Å². The Labute approximate surface area is 195 Å². The summed E-state index contributed by atoms with van der Waals surface area (Å²) < 4.78 is 13.0. The highest BCUT2D eigenvalue weighted by Crippen LogP contribution is 2.33. The van der Waals surface area contributed by atoms with E-state index in [1.165, 1.54) is 0 Å². The van der Waals surface area contributed by atoms with E-state index < -0.39 is 5.54 Å². The number of rotatable bonds is 6. The Morgan fingerprint density at radius 1 is 1.18 bits per heavy atom. The number of hydrogen-bond donors (Lipinski definition) is 1. The fourth-order valence-corrected chi connectivity index (χ4v) is 5.65. The van der Waals surface area contributed by atoms with Gasteiger partial charge >= 0.3 is 0 Å². The van der Waals surface area contributed by atoms with Gasteiger partial charge in [-0.05, 0) is 44.9 Å². The van der Waals surface area contributed by atoms with Crippen molar-refractivity contribution in [1.29, 1.82) is 0 Å². The zero-order valence-corrected chi connectivity index (χ0v) is 19.8. The van der Waals surface area contributed by atoms with Crippen molar-refractivity contribution in [3.8, 4) is 0 Å². The molecule has 2 aliphatic heterocycles. The highest BCUT2D eigenvalue weighted by Gasteiger charge is 2.48. The quantitative estimate of drug-likeness (QED) is 0.723. The number of furan rings is 1. The second-order valence-electron chi connectivity index (χ2n) is 10.3. The monoisotopic (exact) mass is 456 g/mol. The molecule has 4 heterocycles. The molecule has 180 valence electrons. The molecule has 3 aliphatic rings. The van der Waals surface area contributed by atoms with E-state index in [1.54, 1.807) is 6.26 Å². The smallest absolute Gasteiger partial charge is 0.271 e. The zero-order valence-electron chi connectivity index (χ0n) is 19.8. The first-order chi connectivity index (χ1) is 16.0. The van der Waals surface area contributed by atoms with Crippen LogP contribution in [0.25, 0.3) is 11.1 Å². The summed E-state index contributed by atoms with van der Waals surface area (Å²) in [7, 11) is 0. The Bertz CT molecular complexity index is 999. The van der Waals surface area contributed by atoms with Crippen LogP contribution in [0.3, 0.4) is 0 Å². The van der Waals surface area contributed by atoms with Crippen molar-refractivity contribution in [2.24, 2.45) is 5.92 Å². The average molecular weight is 457 g/mol. The van der Waals surface area contributed by atoms with Crippen LogP contribution < -0.4 is 5.32 Å². The minimum Gasteiger partial charge on any atom is -0.463 e. The van der Waals surface area contributed by atoms with Gasteiger partial charge < -0.3 is 23.9 Å². The third kappa shape index (κ3) is 4.30. The molecule has 2 amide bonds. The summed E-state index contributed by atoms with van der Waals surface area (Å²) in [6.45, 7) is 9.45. The molecule has 2 fully saturated rings. The SMILES string of the molecule is CC1CCC(NC(=O)C2(C)Cn3c(cc4occc43)C(=O)N2CCCN2CCOCC2)CC1. The van der Waals surface area contributed by atoms with Gasteiger partial charge in [-0.2, -0.15) is 0 Å². The van der Waals surface area contributed by atoms with Crippen molar-refractivity contribution >= 4 is 22.9 Å². The molecular formula is C25H36N4O4. The summed E-state index contributed by atoms with van der Waals surface area (Å²) >= 11 is 0. The highest BCUT2D eigenvalue weighted by molar-refractivity contribution is 6.02. The van der Waals surface area contributed by atoms with Crippen LogP contribution in [-0.4, -0.2) is 77.2 Å². The number of morpholine rings is 1. The summed E-state index contributed by atoms with van der Waals surface area (Å²) in [6, 6.07) is 3.88. The van der Waals surface area contributed by atoms with Gasteiger partial charge in [-0.15, -0.1) is 0 Å². The fourth-order valence-electron chi connectivity index (χ4n) is 5.65. The molecule has 0 spiro atoms. The number of amides is 2. The van der Waals surface area contributed by atoms with Gasteiger partial charge in [-0.3, -0.25) is 14.5 Å². The van der Waals surface area contributed by atoms with Crippen LogP contribution in [0.5, 0.6) is 0 Å². The normalized spacial score (nSPS) is 28.8. The maximum Gasteiger partial charge on any atom is 0.271 e. The summed E-state index contributed by atoms with van der Waals surface area (Å²) in [4.78, 5) is 31.6. The third-order valence-corrected chi connectivity index (χ3v) is 7.85. The van der Waals surface area contributed by atoms with Crippen LogP contribution in [0.1, 0.15) is 56.4 Å². The molecular weight excluding hydrogens is 420 g/mol. The molecule has 2 aromatic heterocycles. The van der Waals surface area contributed by atoms with Gasteiger partial charge in [0.25, 0.3) is 5.91 Å². The standard InChI is InChI=1S/C25H36N4O4/c1-18-4-6-19(7-5-18)26-24(31)25(2)17-28-20-8-13-33-22(20)16-21(28)23(30)29(25)10-3-9-27-11-14-32-15-12-27/h8,13,16,18-19H,3-7,9-12,14-15,17H2,1-2H3,(H,26,31). The minimum absolute atomic E-state index is 0.0437. The highest BCUT2D eigenvalue weighted by atomic mass is 16.5. The molecule has 33 heavy (non-hydrogen) atoms. The fraction of sp³-hybridized carbons (Fsp3) is 0.680. The molecule has 1 saturated carbocycles. The van der Waals surface area contributed by atoms with E-state index in [4.69, 9.17) is 9.15 Å². The van der Waals surface area contributed by atoms with Crippen molar-refractivity contribution in [2.45, 2.75) is 64.1 Å². The number of ether oxygens (including phenoxy) is 1. The number of nitrogens with zero attached hydrogens (tertiary/aromatic N) is 3. The first-order valence-corrected chi connectivity index (χ1v) is 12.5. The number of aromatic nitrogens is 1. The van der Waals surface area contributed by atoms with Crippen LogP contribution in [0.15, 0.2) is 22.8 Å². The molecule has 0 radical (unpaired) electrons. The number of nitrogens with one attached hydrogen (secondary N) is 1. The van der Waals surface area contributed by atoms with Gasteiger partial charge in [0.15, 0.2) is 5.58 Å². The van der Waals surface area contributed by atoms with E-state index in [2.05, 4.69) is 17.1 Å². The number of hydrogen-bond acceptors (Lipinski definition) is 5. The average Bonchev–Trinajstić information content (AvgIpc) is 3.41. The Hall–Kier alpha value is -2.32. The second-order valence-corrected chi connectivity index (χ2v) is 10.3. The number of fused-ring (bicyclic) bond motifs is 3. The van der Waals surface area contributed by atoms with Crippen LogP contribution in [0, 0.1) is 5.92 Å². The Morgan fingerprint density at radius 2 is 1.94 bits per heavy atom. The van der Waals surface area contributed by atoms with Crippen molar-refractivity contribution in [3.05, 3.63) is 24.1 Å². The molecule has 1 unspecified atom stereocenters. The Balaban J connectivity index is 1.37.